The number of carbonyl (C=O) groups excluding carboxylic acids is 1. The largest absolute Gasteiger partial charge is 0.491 e. The van der Waals surface area contributed by atoms with Crippen molar-refractivity contribution in [3.05, 3.63) is 23.8 Å². The zero-order valence-electron chi connectivity index (χ0n) is 13.2. The minimum absolute atomic E-state index is 0.0703. The molecule has 1 aliphatic rings. The summed E-state index contributed by atoms with van der Waals surface area (Å²) in [6.07, 6.45) is 4.91. The second-order valence-corrected chi connectivity index (χ2v) is 6.32. The highest BCUT2D eigenvalue weighted by molar-refractivity contribution is 5.98. The molecule has 0 unspecified atom stereocenters. The quantitative estimate of drug-likeness (QED) is 0.893. The van der Waals surface area contributed by atoms with Gasteiger partial charge in [-0.1, -0.05) is 19.3 Å². The van der Waals surface area contributed by atoms with Gasteiger partial charge in [0.05, 0.1) is 11.6 Å². The van der Waals surface area contributed by atoms with E-state index in [0.29, 0.717) is 0 Å². The summed E-state index contributed by atoms with van der Waals surface area (Å²) >= 11 is 0. The van der Waals surface area contributed by atoms with Crippen LogP contribution in [-0.4, -0.2) is 17.6 Å². The van der Waals surface area contributed by atoms with Crippen LogP contribution in [0.4, 0.5) is 5.69 Å². The first kappa shape index (κ1) is 15.8. The molecule has 0 aliphatic heterocycles. The number of nitrogens with one attached hydrogen (secondary N) is 1. The van der Waals surface area contributed by atoms with Crippen molar-refractivity contribution in [2.24, 2.45) is 5.73 Å². The molecule has 0 spiro atoms. The number of carbonyl (C=O) groups is 1. The molecule has 2 rings (SSSR count). The lowest BCUT2D eigenvalue weighted by atomic mass is 9.82. The van der Waals surface area contributed by atoms with Crippen LogP contribution in [0.3, 0.4) is 0 Å². The van der Waals surface area contributed by atoms with Gasteiger partial charge in [-0.2, -0.15) is 0 Å². The summed E-state index contributed by atoms with van der Waals surface area (Å²) in [5, 5.41) is 2.95. The predicted octanol–water partition coefficient (Wildman–Crippen LogP) is 3.38. The van der Waals surface area contributed by atoms with E-state index in [2.05, 4.69) is 5.32 Å². The molecule has 0 atom stereocenters. The lowest BCUT2D eigenvalue weighted by molar-refractivity contribution is -0.122. The summed E-state index contributed by atoms with van der Waals surface area (Å²) in [6, 6.07) is 5.70. The first-order valence-corrected chi connectivity index (χ1v) is 7.78. The third-order valence-electron chi connectivity index (χ3n) is 3.99. The van der Waals surface area contributed by atoms with Gasteiger partial charge in [-0.25, -0.2) is 0 Å². The van der Waals surface area contributed by atoms with Crippen LogP contribution in [0.1, 0.15) is 51.5 Å². The fourth-order valence-corrected chi connectivity index (χ4v) is 2.78. The van der Waals surface area contributed by atoms with Crippen LogP contribution in [0, 0.1) is 6.92 Å². The lowest BCUT2D eigenvalue weighted by Crippen LogP contribution is -2.52. The van der Waals surface area contributed by atoms with Crippen LogP contribution >= 0.6 is 0 Å². The Kier molecular flexibility index (Phi) is 4.88. The Morgan fingerprint density at radius 2 is 1.95 bits per heavy atom. The van der Waals surface area contributed by atoms with Gasteiger partial charge in [-0.3, -0.25) is 4.79 Å². The molecule has 1 saturated carbocycles. The van der Waals surface area contributed by atoms with Gasteiger partial charge in [0.15, 0.2) is 0 Å². The Morgan fingerprint density at radius 1 is 1.29 bits per heavy atom. The van der Waals surface area contributed by atoms with Gasteiger partial charge in [-0.15, -0.1) is 0 Å². The van der Waals surface area contributed by atoms with Gasteiger partial charge in [0, 0.05) is 5.69 Å². The summed E-state index contributed by atoms with van der Waals surface area (Å²) in [4.78, 5) is 12.4. The van der Waals surface area contributed by atoms with Gasteiger partial charge in [-0.05, 0) is 57.4 Å². The second-order valence-electron chi connectivity index (χ2n) is 6.32. The first-order chi connectivity index (χ1) is 9.90. The van der Waals surface area contributed by atoms with Crippen molar-refractivity contribution in [3.63, 3.8) is 0 Å². The molecular formula is C17H26N2O2. The van der Waals surface area contributed by atoms with Crippen LogP contribution in [-0.2, 0) is 4.79 Å². The third kappa shape index (κ3) is 3.97. The van der Waals surface area contributed by atoms with Crippen molar-refractivity contribution >= 4 is 11.6 Å². The van der Waals surface area contributed by atoms with Crippen molar-refractivity contribution < 1.29 is 9.53 Å². The number of amides is 1. The van der Waals surface area contributed by atoms with E-state index in [4.69, 9.17) is 10.5 Å². The second kappa shape index (κ2) is 6.48. The van der Waals surface area contributed by atoms with Crippen LogP contribution in [0.5, 0.6) is 5.75 Å². The lowest BCUT2D eigenvalue weighted by Gasteiger charge is -2.31. The fraction of sp³-hybridized carbons (Fsp3) is 0.588. The molecular weight excluding hydrogens is 264 g/mol. The van der Waals surface area contributed by atoms with E-state index in [1.54, 1.807) is 0 Å². The molecule has 0 heterocycles. The van der Waals surface area contributed by atoms with Crippen molar-refractivity contribution in [3.8, 4) is 5.75 Å². The Labute approximate surface area is 127 Å². The van der Waals surface area contributed by atoms with Crippen molar-refractivity contribution in [2.45, 2.75) is 64.5 Å². The van der Waals surface area contributed by atoms with Crippen LogP contribution in [0.15, 0.2) is 18.2 Å². The number of rotatable bonds is 4. The molecule has 1 aromatic rings. The Morgan fingerprint density at radius 3 is 2.52 bits per heavy atom. The number of benzene rings is 1. The number of nitrogens with two attached hydrogens (primary N) is 1. The third-order valence-corrected chi connectivity index (χ3v) is 3.99. The van der Waals surface area contributed by atoms with Gasteiger partial charge in [0.25, 0.3) is 0 Å². The van der Waals surface area contributed by atoms with Crippen molar-refractivity contribution in [2.75, 3.05) is 5.32 Å². The molecule has 0 radical (unpaired) electrons. The van der Waals surface area contributed by atoms with Crippen molar-refractivity contribution in [1.82, 2.24) is 0 Å². The summed E-state index contributed by atoms with van der Waals surface area (Å²) in [5.41, 5.74) is 7.33. The molecule has 116 valence electrons. The molecule has 1 fully saturated rings. The molecule has 0 saturated heterocycles. The zero-order valence-corrected chi connectivity index (χ0v) is 13.2. The van der Waals surface area contributed by atoms with E-state index in [-0.39, 0.29) is 12.0 Å². The van der Waals surface area contributed by atoms with Gasteiger partial charge >= 0.3 is 0 Å². The predicted molar refractivity (Wildman–Crippen MR) is 85.6 cm³/mol. The normalized spacial score (nSPS) is 17.6. The molecule has 4 heteroatoms. The highest BCUT2D eigenvalue weighted by atomic mass is 16.5. The Bertz CT molecular complexity index is 506. The molecule has 3 N–H and O–H groups in total. The van der Waals surface area contributed by atoms with E-state index >= 15 is 0 Å². The minimum atomic E-state index is -0.709. The Balaban J connectivity index is 2.05. The standard InChI is InChI=1S/C17H26N2O2/c1-12(2)21-15-8-7-14(11-13(15)3)19-16(20)17(18)9-5-4-6-10-17/h7-8,11-12H,4-6,9-10,18H2,1-3H3,(H,19,20). The monoisotopic (exact) mass is 290 g/mol. The van der Waals surface area contributed by atoms with Gasteiger partial charge in [0.1, 0.15) is 5.75 Å². The van der Waals surface area contributed by atoms with Crippen LogP contribution < -0.4 is 15.8 Å². The highest BCUT2D eigenvalue weighted by Gasteiger charge is 2.35. The molecule has 0 bridgehead atoms. The topological polar surface area (TPSA) is 64.4 Å². The molecule has 1 aromatic carbocycles. The van der Waals surface area contributed by atoms with E-state index in [1.165, 1.54) is 6.42 Å². The number of ether oxygens (including phenoxy) is 1. The summed E-state index contributed by atoms with van der Waals surface area (Å²) in [5.74, 6) is 0.780. The maximum atomic E-state index is 12.4. The SMILES string of the molecule is Cc1cc(NC(=O)C2(N)CCCCC2)ccc1OC(C)C. The number of anilines is 1. The van der Waals surface area contributed by atoms with Gasteiger partial charge < -0.3 is 15.8 Å². The number of hydrogen-bond acceptors (Lipinski definition) is 3. The maximum absolute atomic E-state index is 12.4. The Hall–Kier alpha value is -1.55. The highest BCUT2D eigenvalue weighted by Crippen LogP contribution is 2.28. The molecule has 1 amide bonds. The van der Waals surface area contributed by atoms with E-state index in [1.807, 2.05) is 39.0 Å². The van der Waals surface area contributed by atoms with Gasteiger partial charge in [0.2, 0.25) is 5.91 Å². The average molecular weight is 290 g/mol. The van der Waals surface area contributed by atoms with Crippen molar-refractivity contribution in [1.29, 1.82) is 0 Å². The van der Waals surface area contributed by atoms with Crippen LogP contribution in [0.2, 0.25) is 0 Å². The molecule has 1 aliphatic carbocycles. The summed E-state index contributed by atoms with van der Waals surface area (Å²) in [7, 11) is 0. The van der Waals surface area contributed by atoms with E-state index in [0.717, 1.165) is 42.7 Å². The van der Waals surface area contributed by atoms with Crippen LogP contribution in [0.25, 0.3) is 0 Å². The summed E-state index contributed by atoms with van der Waals surface area (Å²) in [6.45, 7) is 5.97. The summed E-state index contributed by atoms with van der Waals surface area (Å²) < 4.78 is 5.70. The smallest absolute Gasteiger partial charge is 0.244 e. The zero-order chi connectivity index (χ0) is 15.5. The first-order valence-electron chi connectivity index (χ1n) is 7.78. The fourth-order valence-electron chi connectivity index (χ4n) is 2.78. The average Bonchev–Trinajstić information content (AvgIpc) is 2.42. The maximum Gasteiger partial charge on any atom is 0.244 e. The van der Waals surface area contributed by atoms with E-state index in [9.17, 15) is 4.79 Å². The molecule has 21 heavy (non-hydrogen) atoms. The molecule has 0 aromatic heterocycles. The molecule has 4 nitrogen and oxygen atoms in total. The van der Waals surface area contributed by atoms with E-state index < -0.39 is 5.54 Å². The minimum Gasteiger partial charge on any atom is -0.491 e. The number of hydrogen-bond donors (Lipinski definition) is 2. The number of aryl methyl sites for hydroxylation is 1.